The molecule has 0 aliphatic carbocycles. The number of nitrogens with one attached hydrogen (secondary N) is 1. The first-order chi connectivity index (χ1) is 9.15. The lowest BCUT2D eigenvalue weighted by Crippen LogP contribution is -2.63. The number of hydrogen-bond acceptors (Lipinski definition) is 3. The van der Waals surface area contributed by atoms with Gasteiger partial charge in [-0.15, -0.1) is 0 Å². The van der Waals surface area contributed by atoms with E-state index >= 15 is 0 Å². The molecule has 1 unspecified atom stereocenters. The van der Waals surface area contributed by atoms with Crippen molar-refractivity contribution in [3.05, 3.63) is 30.1 Å². The van der Waals surface area contributed by atoms with E-state index in [4.69, 9.17) is 0 Å². The van der Waals surface area contributed by atoms with Crippen molar-refractivity contribution in [2.45, 2.75) is 39.3 Å². The molecule has 3 heterocycles. The normalized spacial score (nSPS) is 28.0. The predicted octanol–water partition coefficient (Wildman–Crippen LogP) is 2.29. The monoisotopic (exact) mass is 259 g/mol. The smallest absolute Gasteiger partial charge is 0.0312 e. The molecule has 0 spiro atoms. The zero-order valence-corrected chi connectivity index (χ0v) is 12.1. The van der Waals surface area contributed by atoms with Gasteiger partial charge in [-0.05, 0) is 48.9 Å². The van der Waals surface area contributed by atoms with Gasteiger partial charge in [-0.1, -0.05) is 19.9 Å². The zero-order valence-electron chi connectivity index (χ0n) is 12.1. The summed E-state index contributed by atoms with van der Waals surface area (Å²) in [5, 5.41) is 3.64. The van der Waals surface area contributed by atoms with Gasteiger partial charge in [-0.2, -0.15) is 0 Å². The summed E-state index contributed by atoms with van der Waals surface area (Å²) in [5.74, 6) is 0.869. The molecular formula is C16H25N3. The molecule has 1 aromatic heterocycles. The molecule has 0 bridgehead atoms. The Labute approximate surface area is 116 Å². The lowest BCUT2D eigenvalue weighted by atomic mass is 9.68. The van der Waals surface area contributed by atoms with Crippen molar-refractivity contribution in [2.24, 2.45) is 11.3 Å². The van der Waals surface area contributed by atoms with Crippen LogP contribution in [0.15, 0.2) is 24.5 Å². The molecule has 2 saturated heterocycles. The van der Waals surface area contributed by atoms with Crippen LogP contribution in [0.25, 0.3) is 0 Å². The summed E-state index contributed by atoms with van der Waals surface area (Å²) in [6.07, 6.45) is 6.51. The predicted molar refractivity (Wildman–Crippen MR) is 77.8 cm³/mol. The average molecular weight is 259 g/mol. The molecule has 0 radical (unpaired) electrons. The second kappa shape index (κ2) is 5.22. The fourth-order valence-corrected chi connectivity index (χ4v) is 3.63. The summed E-state index contributed by atoms with van der Waals surface area (Å²) < 4.78 is 0. The molecule has 104 valence electrons. The fraction of sp³-hybridized carbons (Fsp3) is 0.688. The van der Waals surface area contributed by atoms with Crippen molar-refractivity contribution in [3.8, 4) is 0 Å². The van der Waals surface area contributed by atoms with Gasteiger partial charge in [0.1, 0.15) is 0 Å². The van der Waals surface area contributed by atoms with E-state index in [1.807, 2.05) is 18.5 Å². The van der Waals surface area contributed by atoms with Gasteiger partial charge in [0.05, 0.1) is 0 Å². The summed E-state index contributed by atoms with van der Waals surface area (Å²) in [6, 6.07) is 4.95. The summed E-state index contributed by atoms with van der Waals surface area (Å²) >= 11 is 0. The van der Waals surface area contributed by atoms with Crippen LogP contribution in [0.4, 0.5) is 0 Å². The molecule has 2 fully saturated rings. The third-order valence-corrected chi connectivity index (χ3v) is 4.85. The number of piperidine rings is 1. The lowest BCUT2D eigenvalue weighted by molar-refractivity contribution is 0.0382. The largest absolute Gasteiger partial charge is 0.313 e. The first-order valence-corrected chi connectivity index (χ1v) is 7.50. The second-order valence-electron chi connectivity index (χ2n) is 6.82. The second-order valence-corrected chi connectivity index (χ2v) is 6.82. The van der Waals surface area contributed by atoms with Crippen molar-refractivity contribution in [1.29, 1.82) is 0 Å². The summed E-state index contributed by atoms with van der Waals surface area (Å²) in [4.78, 5) is 6.77. The van der Waals surface area contributed by atoms with Crippen LogP contribution in [-0.2, 0) is 6.54 Å². The van der Waals surface area contributed by atoms with Gasteiger partial charge in [0.25, 0.3) is 0 Å². The Morgan fingerprint density at radius 3 is 2.68 bits per heavy atom. The molecule has 1 atom stereocenters. The Morgan fingerprint density at radius 1 is 1.37 bits per heavy atom. The van der Waals surface area contributed by atoms with Gasteiger partial charge in [-0.3, -0.25) is 9.88 Å². The Balaban J connectivity index is 1.50. The standard InChI is InChI=1S/C16H25N3/c1-16(2)12-18-15(16)14-5-8-19(9-6-14)11-13-4-3-7-17-10-13/h3-4,7,10,14-15,18H,5-6,8-9,11-12H2,1-2H3. The van der Waals surface area contributed by atoms with Gasteiger partial charge in [0.15, 0.2) is 0 Å². The highest BCUT2D eigenvalue weighted by molar-refractivity contribution is 5.08. The van der Waals surface area contributed by atoms with Crippen LogP contribution in [0.3, 0.4) is 0 Å². The van der Waals surface area contributed by atoms with Gasteiger partial charge in [0.2, 0.25) is 0 Å². The van der Waals surface area contributed by atoms with Crippen molar-refractivity contribution >= 4 is 0 Å². The molecule has 3 rings (SSSR count). The summed E-state index contributed by atoms with van der Waals surface area (Å²) in [6.45, 7) is 9.50. The molecule has 2 aliphatic rings. The maximum atomic E-state index is 4.20. The van der Waals surface area contributed by atoms with Crippen LogP contribution >= 0.6 is 0 Å². The van der Waals surface area contributed by atoms with E-state index in [2.05, 4.69) is 35.1 Å². The molecule has 19 heavy (non-hydrogen) atoms. The van der Waals surface area contributed by atoms with Gasteiger partial charge in [0, 0.05) is 31.5 Å². The molecule has 3 nitrogen and oxygen atoms in total. The SMILES string of the molecule is CC1(C)CNC1C1CCN(Cc2cccnc2)CC1. The lowest BCUT2D eigenvalue weighted by Gasteiger charge is -2.51. The van der Waals surface area contributed by atoms with Crippen LogP contribution in [0, 0.1) is 11.3 Å². The molecule has 1 N–H and O–H groups in total. The van der Waals surface area contributed by atoms with E-state index in [0.717, 1.165) is 18.5 Å². The van der Waals surface area contributed by atoms with E-state index in [1.54, 1.807) is 0 Å². The van der Waals surface area contributed by atoms with Gasteiger partial charge >= 0.3 is 0 Å². The first-order valence-electron chi connectivity index (χ1n) is 7.50. The number of rotatable bonds is 3. The quantitative estimate of drug-likeness (QED) is 0.903. The fourth-order valence-electron chi connectivity index (χ4n) is 3.63. The number of nitrogens with zero attached hydrogens (tertiary/aromatic N) is 2. The summed E-state index contributed by atoms with van der Waals surface area (Å²) in [5.41, 5.74) is 1.85. The van der Waals surface area contributed by atoms with Crippen molar-refractivity contribution in [2.75, 3.05) is 19.6 Å². The Bertz CT molecular complexity index is 407. The van der Waals surface area contributed by atoms with Crippen molar-refractivity contribution in [3.63, 3.8) is 0 Å². The van der Waals surface area contributed by atoms with Crippen LogP contribution in [0.1, 0.15) is 32.3 Å². The minimum atomic E-state index is 0.510. The van der Waals surface area contributed by atoms with E-state index in [-0.39, 0.29) is 0 Å². The third kappa shape index (κ3) is 2.82. The minimum Gasteiger partial charge on any atom is -0.313 e. The van der Waals surface area contributed by atoms with Crippen LogP contribution in [0.5, 0.6) is 0 Å². The number of aromatic nitrogens is 1. The highest BCUT2D eigenvalue weighted by Gasteiger charge is 2.43. The van der Waals surface area contributed by atoms with E-state index in [9.17, 15) is 0 Å². The van der Waals surface area contributed by atoms with Crippen LogP contribution in [0.2, 0.25) is 0 Å². The van der Waals surface area contributed by atoms with E-state index in [1.165, 1.54) is 38.0 Å². The first kappa shape index (κ1) is 13.1. The number of likely N-dealkylation sites (tertiary alicyclic amines) is 1. The van der Waals surface area contributed by atoms with Crippen molar-refractivity contribution in [1.82, 2.24) is 15.2 Å². The van der Waals surface area contributed by atoms with Crippen LogP contribution in [-0.4, -0.2) is 35.6 Å². The molecule has 0 aromatic carbocycles. The zero-order chi connectivity index (χ0) is 13.3. The van der Waals surface area contributed by atoms with Gasteiger partial charge < -0.3 is 5.32 Å². The topological polar surface area (TPSA) is 28.2 Å². The molecule has 0 saturated carbocycles. The van der Waals surface area contributed by atoms with E-state index < -0.39 is 0 Å². The van der Waals surface area contributed by atoms with E-state index in [0.29, 0.717) is 5.41 Å². The summed E-state index contributed by atoms with van der Waals surface area (Å²) in [7, 11) is 0. The third-order valence-electron chi connectivity index (χ3n) is 4.85. The maximum absolute atomic E-state index is 4.20. The highest BCUT2D eigenvalue weighted by atomic mass is 15.1. The number of hydrogen-bond donors (Lipinski definition) is 1. The molecule has 2 aliphatic heterocycles. The van der Waals surface area contributed by atoms with Gasteiger partial charge in [-0.25, -0.2) is 0 Å². The maximum Gasteiger partial charge on any atom is 0.0312 e. The molecular weight excluding hydrogens is 234 g/mol. The number of pyridine rings is 1. The Kier molecular flexibility index (Phi) is 3.59. The average Bonchev–Trinajstić information content (AvgIpc) is 2.41. The van der Waals surface area contributed by atoms with Crippen LogP contribution < -0.4 is 5.32 Å². The molecule has 3 heteroatoms. The van der Waals surface area contributed by atoms with Crippen molar-refractivity contribution < 1.29 is 0 Å². The highest BCUT2D eigenvalue weighted by Crippen LogP contribution is 2.37. The molecule has 1 aromatic rings. The molecule has 0 amide bonds. The minimum absolute atomic E-state index is 0.510. The Hall–Kier alpha value is -0.930. The Morgan fingerprint density at radius 2 is 2.16 bits per heavy atom.